The molecule has 8 rings (SSSR count). The Morgan fingerprint density at radius 2 is 1.33 bits per heavy atom. The molecule has 3 aliphatic rings. The van der Waals surface area contributed by atoms with Gasteiger partial charge in [-0.25, -0.2) is 13.8 Å². The highest BCUT2D eigenvalue weighted by Crippen LogP contribution is 2.57. The summed E-state index contributed by atoms with van der Waals surface area (Å²) in [7, 11) is 0. The summed E-state index contributed by atoms with van der Waals surface area (Å²) < 4.78 is 31.2. The number of allylic oxidation sites excluding steroid dienone is 2. The Hall–Kier alpha value is -4.24. The van der Waals surface area contributed by atoms with Crippen LogP contribution in [0.4, 0.5) is 8.78 Å². The van der Waals surface area contributed by atoms with Gasteiger partial charge in [0.25, 0.3) is 5.56 Å². The van der Waals surface area contributed by atoms with Crippen LogP contribution in [0.3, 0.4) is 0 Å². The van der Waals surface area contributed by atoms with Crippen molar-refractivity contribution in [1.82, 2.24) is 4.57 Å². The summed E-state index contributed by atoms with van der Waals surface area (Å²) in [5.41, 5.74) is 6.87. The molecule has 3 nitrogen and oxygen atoms in total. The number of benzene rings is 4. The maximum absolute atomic E-state index is 14.5. The number of hydrogen-bond acceptors (Lipinski definition) is 5. The monoisotopic (exact) mass is 660 g/mol. The molecule has 1 aliphatic carbocycles. The van der Waals surface area contributed by atoms with E-state index in [1.165, 1.54) is 35.6 Å². The highest BCUT2D eigenvalue weighted by molar-refractivity contribution is 8.41. The highest BCUT2D eigenvalue weighted by atomic mass is 32.2. The Bertz CT molecular complexity index is 2200. The lowest BCUT2D eigenvalue weighted by molar-refractivity contribution is 0.551. The van der Waals surface area contributed by atoms with Gasteiger partial charge in [0.05, 0.1) is 16.0 Å². The topological polar surface area (TPSA) is 34.4 Å². The third kappa shape index (κ3) is 5.34. The van der Waals surface area contributed by atoms with Crippen LogP contribution in [0.1, 0.15) is 47.6 Å². The molecule has 0 saturated heterocycles. The summed E-state index contributed by atoms with van der Waals surface area (Å²) >= 11 is 4.68. The van der Waals surface area contributed by atoms with Crippen molar-refractivity contribution >= 4 is 55.0 Å². The van der Waals surface area contributed by atoms with Crippen molar-refractivity contribution in [3.63, 3.8) is 0 Å². The number of thioether (sulfide) groups is 2. The van der Waals surface area contributed by atoms with Gasteiger partial charge in [-0.1, -0.05) is 120 Å². The fourth-order valence-corrected chi connectivity index (χ4v) is 10.2. The summed E-state index contributed by atoms with van der Waals surface area (Å²) in [5, 5.41) is 0. The van der Waals surface area contributed by atoms with Gasteiger partial charge in [-0.2, -0.15) is 0 Å². The van der Waals surface area contributed by atoms with Crippen LogP contribution in [0.2, 0.25) is 0 Å². The normalized spacial score (nSPS) is 18.5. The molecule has 1 aromatic heterocycles. The van der Waals surface area contributed by atoms with Crippen LogP contribution >= 0.6 is 34.9 Å². The maximum atomic E-state index is 14.5. The first-order valence-electron chi connectivity index (χ1n) is 15.0. The molecule has 5 aromatic rings. The molecule has 0 spiro atoms. The minimum absolute atomic E-state index is 0.0871. The van der Waals surface area contributed by atoms with Crippen molar-refractivity contribution in [3.8, 4) is 0 Å². The summed E-state index contributed by atoms with van der Waals surface area (Å²) in [6.45, 7) is 0. The smallest absolute Gasteiger partial charge is 0.272 e. The van der Waals surface area contributed by atoms with Gasteiger partial charge in [0.2, 0.25) is 0 Å². The van der Waals surface area contributed by atoms with Gasteiger partial charge in [0.15, 0.2) is 4.80 Å². The SMILES string of the molecule is O=c1c(=C2SC(c3ccccc3)=C(c3ccccc3)S2)sc2n1[C@@H](c1ccc(F)cc1)C1=C(N=2)/C(=C/c2ccc(F)cc2)CCC1. The second-order valence-corrected chi connectivity index (χ2v) is 14.6. The molecule has 0 amide bonds. The Labute approximate surface area is 277 Å². The van der Waals surface area contributed by atoms with Crippen molar-refractivity contribution in [3.05, 3.63) is 180 Å². The first-order chi connectivity index (χ1) is 22.5. The van der Waals surface area contributed by atoms with E-state index < -0.39 is 6.04 Å². The second kappa shape index (κ2) is 12.2. The van der Waals surface area contributed by atoms with Gasteiger partial charge in [0.1, 0.15) is 16.2 Å². The third-order valence-electron chi connectivity index (χ3n) is 8.36. The first-order valence-corrected chi connectivity index (χ1v) is 17.5. The van der Waals surface area contributed by atoms with E-state index in [1.54, 1.807) is 47.8 Å². The van der Waals surface area contributed by atoms with Gasteiger partial charge in [-0.05, 0) is 83.0 Å². The van der Waals surface area contributed by atoms with Gasteiger partial charge < -0.3 is 0 Å². The Balaban J connectivity index is 1.32. The number of rotatable bonds is 4. The van der Waals surface area contributed by atoms with E-state index in [-0.39, 0.29) is 17.2 Å². The first kappa shape index (κ1) is 29.2. The van der Waals surface area contributed by atoms with Crippen LogP contribution in [0.5, 0.6) is 0 Å². The molecule has 2 aliphatic heterocycles. The molecule has 0 bridgehead atoms. The summed E-state index contributed by atoms with van der Waals surface area (Å²) in [4.78, 5) is 22.6. The third-order valence-corrected chi connectivity index (χ3v) is 12.4. The molecule has 3 heterocycles. The predicted molar refractivity (Wildman–Crippen MR) is 187 cm³/mol. The zero-order chi connectivity index (χ0) is 31.2. The van der Waals surface area contributed by atoms with E-state index in [0.717, 1.165) is 72.4 Å². The molecule has 46 heavy (non-hydrogen) atoms. The van der Waals surface area contributed by atoms with Gasteiger partial charge in [0, 0.05) is 9.81 Å². The maximum Gasteiger partial charge on any atom is 0.272 e. The van der Waals surface area contributed by atoms with Crippen LogP contribution in [-0.4, -0.2) is 4.57 Å². The minimum atomic E-state index is -0.398. The van der Waals surface area contributed by atoms with Crippen LogP contribution in [0, 0.1) is 11.6 Å². The zero-order valence-corrected chi connectivity index (χ0v) is 26.9. The largest absolute Gasteiger partial charge is 0.272 e. The minimum Gasteiger partial charge on any atom is -0.272 e. The number of halogens is 2. The molecule has 1 atom stereocenters. The van der Waals surface area contributed by atoms with E-state index in [1.807, 2.05) is 41.0 Å². The van der Waals surface area contributed by atoms with Crippen LogP contribution in [0.15, 0.2) is 136 Å². The summed E-state index contributed by atoms with van der Waals surface area (Å²) in [5.74, 6) is -0.597. The van der Waals surface area contributed by atoms with E-state index in [0.29, 0.717) is 9.33 Å². The fraction of sp³-hybridized carbons (Fsp3) is 0.105. The van der Waals surface area contributed by atoms with Crippen LogP contribution in [-0.2, 0) is 0 Å². The van der Waals surface area contributed by atoms with Gasteiger partial charge >= 0.3 is 0 Å². The molecule has 226 valence electrons. The van der Waals surface area contributed by atoms with Crippen molar-refractivity contribution < 1.29 is 8.78 Å². The van der Waals surface area contributed by atoms with E-state index in [4.69, 9.17) is 4.99 Å². The van der Waals surface area contributed by atoms with Gasteiger partial charge in [-0.3, -0.25) is 9.36 Å². The zero-order valence-electron chi connectivity index (χ0n) is 24.5. The summed E-state index contributed by atoms with van der Waals surface area (Å²) in [6.07, 6.45) is 4.57. The lowest BCUT2D eigenvalue weighted by Crippen LogP contribution is -2.39. The predicted octanol–water partition coefficient (Wildman–Crippen LogP) is 9.00. The average molecular weight is 661 g/mol. The molecular weight excluding hydrogens is 635 g/mol. The van der Waals surface area contributed by atoms with Crippen molar-refractivity contribution in [2.75, 3.05) is 0 Å². The number of nitrogens with zero attached hydrogens (tertiary/aromatic N) is 2. The molecular formula is C38H26F2N2OS3. The molecule has 0 fully saturated rings. The lowest BCUT2D eigenvalue weighted by Gasteiger charge is -2.31. The Kier molecular flexibility index (Phi) is 7.72. The number of hydrogen-bond donors (Lipinski definition) is 0. The molecule has 0 radical (unpaired) electrons. The van der Waals surface area contributed by atoms with E-state index in [9.17, 15) is 13.6 Å². The molecule has 4 aromatic carbocycles. The number of aromatic nitrogens is 1. The van der Waals surface area contributed by atoms with Crippen LogP contribution in [0.25, 0.3) is 20.1 Å². The van der Waals surface area contributed by atoms with Crippen molar-refractivity contribution in [1.29, 1.82) is 0 Å². The second-order valence-electron chi connectivity index (χ2n) is 11.3. The summed E-state index contributed by atoms with van der Waals surface area (Å²) in [6, 6.07) is 33.1. The van der Waals surface area contributed by atoms with E-state index >= 15 is 0 Å². The molecule has 0 saturated carbocycles. The van der Waals surface area contributed by atoms with Crippen molar-refractivity contribution in [2.24, 2.45) is 4.99 Å². The van der Waals surface area contributed by atoms with E-state index in [2.05, 4.69) is 30.3 Å². The quantitative estimate of drug-likeness (QED) is 0.193. The lowest BCUT2D eigenvalue weighted by atomic mass is 9.84. The highest BCUT2D eigenvalue weighted by Gasteiger charge is 2.34. The molecule has 0 unspecified atom stereocenters. The number of thiazole rings is 1. The Morgan fingerprint density at radius 1 is 0.739 bits per heavy atom. The molecule has 0 N–H and O–H groups in total. The number of fused-ring (bicyclic) bond motifs is 1. The van der Waals surface area contributed by atoms with Crippen molar-refractivity contribution in [2.45, 2.75) is 25.3 Å². The Morgan fingerprint density at radius 3 is 1.93 bits per heavy atom. The standard InChI is InChI=1S/C38H26F2N2OS3/c39-28-18-14-23(15-19-28)22-27-12-7-13-30-31(27)41-38-42(32(30)24-16-20-29(40)21-17-24)36(43)35(46-38)37-44-33(25-8-3-1-4-9-25)34(45-37)26-10-5-2-6-11-26/h1-6,8-11,14-22,32H,7,12-13H2/b27-22+/t32-/m0/s1. The fourth-order valence-electron chi connectivity index (χ4n) is 6.23. The van der Waals surface area contributed by atoms with Crippen LogP contribution < -0.4 is 14.9 Å². The average Bonchev–Trinajstić information content (AvgIpc) is 3.68. The molecule has 8 heteroatoms. The van der Waals surface area contributed by atoms with Gasteiger partial charge in [-0.15, -0.1) is 0 Å².